The summed E-state index contributed by atoms with van der Waals surface area (Å²) in [5.74, 6) is 0.839. The second kappa shape index (κ2) is 10.1. The largest absolute Gasteiger partial charge is 0.484 e. The Morgan fingerprint density at radius 3 is 2.56 bits per heavy atom. The maximum absolute atomic E-state index is 12.1. The van der Waals surface area contributed by atoms with Gasteiger partial charge in [0, 0.05) is 31.9 Å². The van der Waals surface area contributed by atoms with Gasteiger partial charge < -0.3 is 15.4 Å². The van der Waals surface area contributed by atoms with Gasteiger partial charge in [0.25, 0.3) is 0 Å². The number of nitrogens with zero attached hydrogens (tertiary/aromatic N) is 2. The van der Waals surface area contributed by atoms with Crippen molar-refractivity contribution in [3.63, 3.8) is 0 Å². The quantitative estimate of drug-likeness (QED) is 0.526. The minimum Gasteiger partial charge on any atom is -0.484 e. The van der Waals surface area contributed by atoms with Crippen molar-refractivity contribution in [1.82, 2.24) is 15.6 Å². The molecule has 2 rings (SSSR count). The van der Waals surface area contributed by atoms with Crippen LogP contribution in [0.15, 0.2) is 34.6 Å². The van der Waals surface area contributed by atoms with Crippen molar-refractivity contribution in [3.8, 4) is 5.75 Å². The Kier molecular flexibility index (Phi) is 7.90. The molecule has 0 bridgehead atoms. The summed E-state index contributed by atoms with van der Waals surface area (Å²) >= 11 is 1.67. The Balaban J connectivity index is 1.73. The number of nitrogens with one attached hydrogen (secondary N) is 2. The number of hydrogen-bond acceptors (Lipinski definition) is 4. The normalized spacial score (nSPS) is 12.1. The van der Waals surface area contributed by atoms with Gasteiger partial charge in [-0.2, -0.15) is 13.2 Å². The first-order chi connectivity index (χ1) is 12.9. The van der Waals surface area contributed by atoms with E-state index in [1.807, 2.05) is 0 Å². The van der Waals surface area contributed by atoms with Gasteiger partial charge in [0.15, 0.2) is 12.6 Å². The van der Waals surface area contributed by atoms with E-state index in [1.165, 1.54) is 12.1 Å². The van der Waals surface area contributed by atoms with Crippen molar-refractivity contribution in [1.29, 1.82) is 0 Å². The second-order valence-electron chi connectivity index (χ2n) is 5.74. The Bertz CT molecular complexity index is 729. The van der Waals surface area contributed by atoms with Gasteiger partial charge in [-0.3, -0.25) is 4.99 Å². The lowest BCUT2D eigenvalue weighted by Gasteiger charge is -2.12. The lowest BCUT2D eigenvalue weighted by atomic mass is 10.2. The summed E-state index contributed by atoms with van der Waals surface area (Å²) in [6.45, 7) is 1.99. The number of alkyl halides is 3. The number of hydrogen-bond donors (Lipinski definition) is 2. The monoisotopic (exact) mass is 400 g/mol. The molecule has 0 fully saturated rings. The zero-order valence-electron chi connectivity index (χ0n) is 15.3. The number of halogens is 3. The number of aromatic nitrogens is 1. The summed E-state index contributed by atoms with van der Waals surface area (Å²) in [6.07, 6.45) is -2.58. The van der Waals surface area contributed by atoms with Gasteiger partial charge in [0.1, 0.15) is 5.75 Å². The van der Waals surface area contributed by atoms with Gasteiger partial charge in [0.05, 0.1) is 10.7 Å². The van der Waals surface area contributed by atoms with Crippen LogP contribution in [0.4, 0.5) is 13.2 Å². The molecule has 0 aliphatic rings. The molecule has 0 saturated carbocycles. The summed E-state index contributed by atoms with van der Waals surface area (Å²) in [6, 6.07) is 6.47. The van der Waals surface area contributed by atoms with E-state index in [-0.39, 0.29) is 5.75 Å². The maximum Gasteiger partial charge on any atom is 0.422 e. The average Bonchev–Trinajstić information content (AvgIpc) is 3.11. The van der Waals surface area contributed by atoms with Crippen LogP contribution in [0, 0.1) is 0 Å². The highest BCUT2D eigenvalue weighted by Gasteiger charge is 2.28. The SMILES string of the molecule is CCc1nc(CCNC(=NC)NCc2ccc(OCC(F)(F)F)cc2)cs1. The van der Waals surface area contributed by atoms with Gasteiger partial charge in [-0.15, -0.1) is 11.3 Å². The highest BCUT2D eigenvalue weighted by Crippen LogP contribution is 2.18. The van der Waals surface area contributed by atoms with E-state index in [4.69, 9.17) is 4.74 Å². The molecule has 1 aromatic heterocycles. The van der Waals surface area contributed by atoms with Crippen LogP contribution in [0.3, 0.4) is 0 Å². The third kappa shape index (κ3) is 7.86. The van der Waals surface area contributed by atoms with E-state index in [1.54, 1.807) is 30.5 Å². The van der Waals surface area contributed by atoms with E-state index in [2.05, 4.69) is 32.9 Å². The number of aryl methyl sites for hydroxylation is 1. The Labute approximate surface area is 160 Å². The van der Waals surface area contributed by atoms with Crippen molar-refractivity contribution < 1.29 is 17.9 Å². The van der Waals surface area contributed by atoms with Gasteiger partial charge >= 0.3 is 6.18 Å². The molecule has 0 radical (unpaired) electrons. The van der Waals surface area contributed by atoms with Crippen LogP contribution in [-0.2, 0) is 19.4 Å². The van der Waals surface area contributed by atoms with Gasteiger partial charge in [0.2, 0.25) is 0 Å². The Morgan fingerprint density at radius 1 is 1.22 bits per heavy atom. The van der Waals surface area contributed by atoms with Crippen LogP contribution in [0.5, 0.6) is 5.75 Å². The summed E-state index contributed by atoms with van der Waals surface area (Å²) in [4.78, 5) is 8.68. The average molecular weight is 400 g/mol. The van der Waals surface area contributed by atoms with Crippen molar-refractivity contribution in [2.24, 2.45) is 4.99 Å². The summed E-state index contributed by atoms with van der Waals surface area (Å²) < 4.78 is 41.1. The third-order valence-corrected chi connectivity index (χ3v) is 4.63. The molecule has 9 heteroatoms. The number of ether oxygens (including phenoxy) is 1. The molecule has 1 heterocycles. The predicted molar refractivity (Wildman–Crippen MR) is 101 cm³/mol. The number of rotatable bonds is 8. The van der Waals surface area contributed by atoms with Crippen molar-refractivity contribution in [2.75, 3.05) is 20.2 Å². The van der Waals surface area contributed by atoms with E-state index in [0.717, 1.165) is 29.1 Å². The molecule has 0 saturated heterocycles. The van der Waals surface area contributed by atoms with Crippen molar-refractivity contribution in [2.45, 2.75) is 32.5 Å². The molecule has 0 atom stereocenters. The first-order valence-electron chi connectivity index (χ1n) is 8.56. The van der Waals surface area contributed by atoms with Gasteiger partial charge in [-0.25, -0.2) is 4.98 Å². The van der Waals surface area contributed by atoms with E-state index in [0.29, 0.717) is 19.0 Å². The Morgan fingerprint density at radius 2 is 1.96 bits per heavy atom. The second-order valence-corrected chi connectivity index (χ2v) is 6.68. The molecule has 2 N–H and O–H groups in total. The van der Waals surface area contributed by atoms with Crippen LogP contribution in [0.2, 0.25) is 0 Å². The number of guanidine groups is 1. The third-order valence-electron chi connectivity index (χ3n) is 3.58. The van der Waals surface area contributed by atoms with Crippen LogP contribution in [0.25, 0.3) is 0 Å². The molecule has 148 valence electrons. The standard InChI is InChI=1S/C18H23F3N4OS/c1-3-16-25-14(11-27-16)8-9-23-17(22-2)24-10-13-4-6-15(7-5-13)26-12-18(19,20)21/h4-7,11H,3,8-10,12H2,1-2H3,(H2,22,23,24). The number of aliphatic imine (C=N–C) groups is 1. The zero-order chi connectivity index (χ0) is 19.7. The molecule has 0 amide bonds. The molecule has 0 unspecified atom stereocenters. The minimum atomic E-state index is -4.34. The molecule has 2 aromatic rings. The molecule has 0 aliphatic carbocycles. The smallest absolute Gasteiger partial charge is 0.422 e. The van der Waals surface area contributed by atoms with Crippen LogP contribution in [0.1, 0.15) is 23.2 Å². The van der Waals surface area contributed by atoms with Crippen LogP contribution >= 0.6 is 11.3 Å². The number of thiazole rings is 1. The molecule has 5 nitrogen and oxygen atoms in total. The molecular formula is C18H23F3N4OS. The predicted octanol–water partition coefficient (Wildman–Crippen LogP) is 3.55. The molecule has 0 spiro atoms. The van der Waals surface area contributed by atoms with Crippen LogP contribution in [-0.4, -0.2) is 37.3 Å². The highest BCUT2D eigenvalue weighted by molar-refractivity contribution is 7.09. The van der Waals surface area contributed by atoms with Gasteiger partial charge in [-0.1, -0.05) is 19.1 Å². The molecular weight excluding hydrogens is 377 g/mol. The van der Waals surface area contributed by atoms with Crippen molar-refractivity contribution >= 4 is 17.3 Å². The van der Waals surface area contributed by atoms with E-state index >= 15 is 0 Å². The van der Waals surface area contributed by atoms with E-state index < -0.39 is 12.8 Å². The van der Waals surface area contributed by atoms with Crippen molar-refractivity contribution in [3.05, 3.63) is 45.9 Å². The molecule has 27 heavy (non-hydrogen) atoms. The lowest BCUT2D eigenvalue weighted by molar-refractivity contribution is -0.153. The number of benzene rings is 1. The fourth-order valence-electron chi connectivity index (χ4n) is 2.21. The minimum absolute atomic E-state index is 0.188. The van der Waals surface area contributed by atoms with Crippen LogP contribution < -0.4 is 15.4 Å². The lowest BCUT2D eigenvalue weighted by Crippen LogP contribution is -2.37. The molecule has 0 aliphatic heterocycles. The Hall–Kier alpha value is -2.29. The summed E-state index contributed by atoms with van der Waals surface area (Å²) in [5, 5.41) is 9.58. The summed E-state index contributed by atoms with van der Waals surface area (Å²) in [5.41, 5.74) is 1.97. The maximum atomic E-state index is 12.1. The summed E-state index contributed by atoms with van der Waals surface area (Å²) in [7, 11) is 1.68. The van der Waals surface area contributed by atoms with Gasteiger partial charge in [-0.05, 0) is 24.1 Å². The molecule has 1 aromatic carbocycles. The first kappa shape index (κ1) is 21.0. The fourth-order valence-corrected chi connectivity index (χ4v) is 2.99. The zero-order valence-corrected chi connectivity index (χ0v) is 16.1. The first-order valence-corrected chi connectivity index (χ1v) is 9.44. The van der Waals surface area contributed by atoms with E-state index in [9.17, 15) is 13.2 Å². The highest BCUT2D eigenvalue weighted by atomic mass is 32.1. The fraction of sp³-hybridized carbons (Fsp3) is 0.444. The topological polar surface area (TPSA) is 58.5 Å².